The second-order valence-corrected chi connectivity index (χ2v) is 16.5. The third-order valence-electron chi connectivity index (χ3n) is 10.6. The molecule has 0 aromatic heterocycles. The number of amides is 10. The van der Waals surface area contributed by atoms with Crippen molar-refractivity contribution in [3.8, 4) is 0 Å². The van der Waals surface area contributed by atoms with E-state index in [4.69, 9.17) is 17.2 Å². The molecule has 10 amide bonds. The van der Waals surface area contributed by atoms with E-state index in [1.54, 1.807) is 13.8 Å². The van der Waals surface area contributed by atoms with E-state index in [1.165, 1.54) is 23.6 Å². The zero-order chi connectivity index (χ0) is 49.3. The Hall–Kier alpha value is -6.44. The fourth-order valence-electron chi connectivity index (χ4n) is 7.17. The molecule has 2 fully saturated rings. The Balaban J connectivity index is 2.12. The summed E-state index contributed by atoms with van der Waals surface area (Å²) in [7, 11) is 0. The predicted octanol–water partition coefficient (Wildman–Crippen LogP) is -5.63. The number of aliphatic hydroxyl groups is 1. The first-order chi connectivity index (χ1) is 30.3. The van der Waals surface area contributed by atoms with Gasteiger partial charge in [-0.1, -0.05) is 13.8 Å². The molecule has 0 bridgehead atoms. The van der Waals surface area contributed by atoms with E-state index in [2.05, 4.69) is 31.9 Å². The molecular formula is C39H63N11O15. The van der Waals surface area contributed by atoms with Crippen molar-refractivity contribution in [1.29, 1.82) is 0 Å². The first-order valence-corrected chi connectivity index (χ1v) is 21.2. The third kappa shape index (κ3) is 17.6. The Kier molecular flexibility index (Phi) is 21.7. The van der Waals surface area contributed by atoms with Crippen LogP contribution in [0.4, 0.5) is 0 Å². The molecule has 0 spiro atoms. The monoisotopic (exact) mass is 925 g/mol. The van der Waals surface area contributed by atoms with E-state index in [9.17, 15) is 72.9 Å². The van der Waals surface area contributed by atoms with Gasteiger partial charge in [-0.05, 0) is 64.7 Å². The summed E-state index contributed by atoms with van der Waals surface area (Å²) in [6.07, 6.45) is -2.11. The third-order valence-corrected chi connectivity index (χ3v) is 10.6. The van der Waals surface area contributed by atoms with Crippen molar-refractivity contribution in [2.75, 3.05) is 19.6 Å². The average Bonchev–Trinajstić information content (AvgIpc) is 3.92. The van der Waals surface area contributed by atoms with Gasteiger partial charge in [0.05, 0.1) is 25.1 Å². The number of carboxylic acid groups (broad SMARTS) is 2. The first kappa shape index (κ1) is 54.7. The molecule has 65 heavy (non-hydrogen) atoms. The van der Waals surface area contributed by atoms with Crippen molar-refractivity contribution in [2.45, 2.75) is 146 Å². The highest BCUT2D eigenvalue weighted by Gasteiger charge is 2.44. The molecule has 15 N–H and O–H groups in total. The van der Waals surface area contributed by atoms with Crippen molar-refractivity contribution in [1.82, 2.24) is 41.7 Å². The van der Waals surface area contributed by atoms with Crippen LogP contribution in [0.15, 0.2) is 0 Å². The van der Waals surface area contributed by atoms with Gasteiger partial charge in [0.2, 0.25) is 59.1 Å². The van der Waals surface area contributed by atoms with Crippen LogP contribution in [0.2, 0.25) is 0 Å². The summed E-state index contributed by atoms with van der Waals surface area (Å²) < 4.78 is 0. The molecule has 0 unspecified atom stereocenters. The maximum atomic E-state index is 14.1. The zero-order valence-electron chi connectivity index (χ0n) is 36.8. The number of hydrogen-bond donors (Lipinski definition) is 12. The van der Waals surface area contributed by atoms with Gasteiger partial charge in [-0.3, -0.25) is 52.7 Å². The van der Waals surface area contributed by atoms with Gasteiger partial charge >= 0.3 is 11.9 Å². The maximum absolute atomic E-state index is 14.1. The molecule has 0 aromatic carbocycles. The van der Waals surface area contributed by atoms with Crippen LogP contribution in [-0.2, 0) is 57.5 Å². The summed E-state index contributed by atoms with van der Waals surface area (Å²) in [6, 6.07) is -10.8. The van der Waals surface area contributed by atoms with Crippen molar-refractivity contribution in [3.63, 3.8) is 0 Å². The minimum absolute atomic E-state index is 0.0892. The highest BCUT2D eigenvalue weighted by Crippen LogP contribution is 2.26. The van der Waals surface area contributed by atoms with E-state index >= 15 is 0 Å². The molecular weight excluding hydrogens is 862 g/mol. The molecule has 0 radical (unpaired) electrons. The maximum Gasteiger partial charge on any atom is 0.328 e. The number of carbonyl (C=O) groups is 12. The predicted molar refractivity (Wildman–Crippen MR) is 224 cm³/mol. The topological polar surface area (TPSA) is 422 Å². The Labute approximate surface area is 374 Å². The number of nitrogens with two attached hydrogens (primary N) is 3. The van der Waals surface area contributed by atoms with Crippen LogP contribution in [0.3, 0.4) is 0 Å². The SMILES string of the molecule is CC(C)C[C@H](NC(=O)[C@H](C)NC(=O)[C@H](CC(=O)O)NC(=O)CNC(=O)[C@H](CCC(N)=O)NC(=O)[C@@H](N)CCC(N)=O)C(=O)N1CCC[C@H]1C(=O)N1CCC[C@H]1C(=O)N[C@H](C(=O)O)[C@@H](C)O. The fourth-order valence-corrected chi connectivity index (χ4v) is 7.17. The van der Waals surface area contributed by atoms with Gasteiger partial charge in [0.1, 0.15) is 36.3 Å². The van der Waals surface area contributed by atoms with Crippen molar-refractivity contribution in [3.05, 3.63) is 0 Å². The fraction of sp³-hybridized carbons (Fsp3) is 0.692. The molecule has 364 valence electrons. The number of aliphatic carboxylic acids is 2. The summed E-state index contributed by atoms with van der Waals surface area (Å²) in [4.78, 5) is 154. The Morgan fingerprint density at radius 3 is 1.78 bits per heavy atom. The molecule has 26 nitrogen and oxygen atoms in total. The summed E-state index contributed by atoms with van der Waals surface area (Å²) in [5, 5.41) is 42.5. The van der Waals surface area contributed by atoms with Crippen molar-refractivity contribution < 1.29 is 72.9 Å². The van der Waals surface area contributed by atoms with Gasteiger partial charge in [-0.15, -0.1) is 0 Å². The normalized spacial score (nSPS) is 19.0. The van der Waals surface area contributed by atoms with Crippen LogP contribution < -0.4 is 49.1 Å². The van der Waals surface area contributed by atoms with E-state index in [0.717, 1.165) is 0 Å². The van der Waals surface area contributed by atoms with Crippen LogP contribution in [0, 0.1) is 5.92 Å². The number of primary amides is 2. The largest absolute Gasteiger partial charge is 0.481 e. The molecule has 26 heteroatoms. The lowest BCUT2D eigenvalue weighted by atomic mass is 10.0. The first-order valence-electron chi connectivity index (χ1n) is 21.2. The van der Waals surface area contributed by atoms with Crippen LogP contribution in [-0.4, -0.2) is 170 Å². The number of aliphatic hydroxyl groups excluding tert-OH is 1. The number of nitrogens with zero attached hydrogens (tertiary/aromatic N) is 2. The molecule has 2 aliphatic heterocycles. The van der Waals surface area contributed by atoms with Crippen LogP contribution in [0.1, 0.15) is 91.9 Å². The van der Waals surface area contributed by atoms with E-state index < -0.39 is 138 Å². The van der Waals surface area contributed by atoms with Crippen LogP contribution in [0.5, 0.6) is 0 Å². The Morgan fingerprint density at radius 2 is 1.23 bits per heavy atom. The Bertz CT molecular complexity index is 1810. The van der Waals surface area contributed by atoms with Crippen molar-refractivity contribution in [2.24, 2.45) is 23.1 Å². The van der Waals surface area contributed by atoms with Gasteiger partial charge in [0, 0.05) is 25.9 Å². The smallest absolute Gasteiger partial charge is 0.328 e. The van der Waals surface area contributed by atoms with Gasteiger partial charge in [0.15, 0.2) is 6.04 Å². The van der Waals surface area contributed by atoms with Crippen molar-refractivity contribution >= 4 is 71.0 Å². The summed E-state index contributed by atoms with van der Waals surface area (Å²) in [5.74, 6) is -11.6. The molecule has 0 aromatic rings. The minimum atomic E-state index is -1.79. The average molecular weight is 926 g/mol. The van der Waals surface area contributed by atoms with Gasteiger partial charge in [-0.25, -0.2) is 4.79 Å². The molecule has 0 aliphatic carbocycles. The number of carboxylic acids is 2. The van der Waals surface area contributed by atoms with Gasteiger partial charge in [-0.2, -0.15) is 0 Å². The van der Waals surface area contributed by atoms with Gasteiger partial charge < -0.3 is 74.2 Å². The number of rotatable bonds is 26. The lowest BCUT2D eigenvalue weighted by Gasteiger charge is -2.34. The number of carbonyl (C=O) groups excluding carboxylic acids is 10. The quantitative estimate of drug-likeness (QED) is 0.0385. The number of hydrogen-bond acceptors (Lipinski definition) is 14. The van der Waals surface area contributed by atoms with Crippen LogP contribution >= 0.6 is 0 Å². The highest BCUT2D eigenvalue weighted by atomic mass is 16.4. The zero-order valence-corrected chi connectivity index (χ0v) is 36.8. The molecule has 2 aliphatic rings. The van der Waals surface area contributed by atoms with E-state index in [1.807, 2.05) is 0 Å². The van der Waals surface area contributed by atoms with E-state index in [0.29, 0.717) is 12.8 Å². The summed E-state index contributed by atoms with van der Waals surface area (Å²) in [5.41, 5.74) is 16.0. The molecule has 9 atom stereocenters. The Morgan fingerprint density at radius 1 is 0.662 bits per heavy atom. The second-order valence-electron chi connectivity index (χ2n) is 16.5. The highest BCUT2D eigenvalue weighted by molar-refractivity contribution is 5.98. The lowest BCUT2D eigenvalue weighted by molar-refractivity contribution is -0.149. The number of likely N-dealkylation sites (tertiary alicyclic amines) is 2. The standard InChI is InChI=1S/C39H63N11O15/c1-18(2)15-24(37(62)50-14-6-8-26(50)38(63)49-13-5-7-25(49)36(61)48-31(20(4)51)39(64)65)47-32(57)19(3)44-35(60)23(16-30(55)56)45-29(54)17-43-34(59)22(10-12-28(42)53)46-33(58)21(40)9-11-27(41)52/h18-26,31,51H,5-17,40H2,1-4H3,(H2,41,52)(H2,42,53)(H,43,59)(H,44,60)(H,45,54)(H,46,58)(H,47,57)(H,48,61)(H,55,56)(H,64,65)/t19-,20+,21-,22-,23-,24-,25-,26-,31-/m0/s1. The number of nitrogens with one attached hydrogen (secondary N) is 6. The summed E-state index contributed by atoms with van der Waals surface area (Å²) >= 11 is 0. The molecule has 2 heterocycles. The lowest BCUT2D eigenvalue weighted by Crippen LogP contribution is -2.59. The second kappa shape index (κ2) is 25.8. The molecule has 2 saturated heterocycles. The minimum Gasteiger partial charge on any atom is -0.481 e. The molecule has 0 saturated carbocycles. The van der Waals surface area contributed by atoms with Gasteiger partial charge in [0.25, 0.3) is 0 Å². The van der Waals surface area contributed by atoms with E-state index in [-0.39, 0.29) is 64.0 Å². The molecule has 2 rings (SSSR count). The summed E-state index contributed by atoms with van der Waals surface area (Å²) in [6.45, 7) is 5.41. The van der Waals surface area contributed by atoms with Crippen LogP contribution in [0.25, 0.3) is 0 Å².